The second-order valence-corrected chi connectivity index (χ2v) is 3.60. The van der Waals surface area contributed by atoms with Gasteiger partial charge in [0.05, 0.1) is 19.9 Å². The third kappa shape index (κ3) is 2.49. The molecule has 0 radical (unpaired) electrons. The van der Waals surface area contributed by atoms with E-state index in [0.717, 1.165) is 0 Å². The van der Waals surface area contributed by atoms with Crippen molar-refractivity contribution >= 4 is 0 Å². The SMILES string of the molecule is COCC(C)C(O)c1c(OC)cnn1C. The van der Waals surface area contributed by atoms with E-state index < -0.39 is 6.10 Å². The topological polar surface area (TPSA) is 56.5 Å². The number of aliphatic hydroxyl groups excluding tert-OH is 1. The second-order valence-electron chi connectivity index (χ2n) is 3.60. The van der Waals surface area contributed by atoms with Gasteiger partial charge in [-0.15, -0.1) is 0 Å². The van der Waals surface area contributed by atoms with Crippen LogP contribution >= 0.6 is 0 Å². The maximum atomic E-state index is 10.1. The Morgan fingerprint density at radius 3 is 2.73 bits per heavy atom. The van der Waals surface area contributed by atoms with Crippen LogP contribution in [-0.4, -0.2) is 35.7 Å². The van der Waals surface area contributed by atoms with E-state index in [2.05, 4.69) is 5.10 Å². The molecule has 0 spiro atoms. The molecule has 2 unspecified atom stereocenters. The predicted molar refractivity (Wildman–Crippen MR) is 55.8 cm³/mol. The van der Waals surface area contributed by atoms with E-state index in [4.69, 9.17) is 9.47 Å². The van der Waals surface area contributed by atoms with Crippen LogP contribution in [0.2, 0.25) is 0 Å². The number of methoxy groups -OCH3 is 2. The molecule has 1 N–H and O–H groups in total. The number of nitrogens with zero attached hydrogens (tertiary/aromatic N) is 2. The normalized spacial score (nSPS) is 15.0. The third-order valence-corrected chi connectivity index (χ3v) is 2.42. The van der Waals surface area contributed by atoms with Gasteiger partial charge in [0.2, 0.25) is 0 Å². The van der Waals surface area contributed by atoms with Gasteiger partial charge in [0.25, 0.3) is 0 Å². The summed E-state index contributed by atoms with van der Waals surface area (Å²) in [4.78, 5) is 0. The van der Waals surface area contributed by atoms with E-state index in [-0.39, 0.29) is 5.92 Å². The van der Waals surface area contributed by atoms with E-state index in [0.29, 0.717) is 18.1 Å². The van der Waals surface area contributed by atoms with E-state index in [9.17, 15) is 5.11 Å². The van der Waals surface area contributed by atoms with Crippen LogP contribution in [0.4, 0.5) is 0 Å². The number of hydrogen-bond acceptors (Lipinski definition) is 4. The zero-order valence-electron chi connectivity index (χ0n) is 9.60. The average molecular weight is 214 g/mol. The molecule has 0 aliphatic carbocycles. The molecule has 5 heteroatoms. The number of ether oxygens (including phenoxy) is 2. The molecule has 0 amide bonds. The van der Waals surface area contributed by atoms with Crippen molar-refractivity contribution in [2.75, 3.05) is 20.8 Å². The fourth-order valence-electron chi connectivity index (χ4n) is 1.54. The molecule has 86 valence electrons. The molecule has 0 bridgehead atoms. The van der Waals surface area contributed by atoms with Crippen LogP contribution in [0.15, 0.2) is 6.20 Å². The van der Waals surface area contributed by atoms with Gasteiger partial charge in [0, 0.05) is 20.1 Å². The Morgan fingerprint density at radius 2 is 2.20 bits per heavy atom. The summed E-state index contributed by atoms with van der Waals surface area (Å²) in [5, 5.41) is 14.1. The van der Waals surface area contributed by atoms with E-state index >= 15 is 0 Å². The summed E-state index contributed by atoms with van der Waals surface area (Å²) in [7, 11) is 4.96. The van der Waals surface area contributed by atoms with Crippen LogP contribution in [0.1, 0.15) is 18.7 Å². The van der Waals surface area contributed by atoms with Crippen LogP contribution in [0.25, 0.3) is 0 Å². The number of rotatable bonds is 5. The highest BCUT2D eigenvalue weighted by molar-refractivity contribution is 5.27. The first-order valence-corrected chi connectivity index (χ1v) is 4.84. The third-order valence-electron chi connectivity index (χ3n) is 2.42. The highest BCUT2D eigenvalue weighted by Crippen LogP contribution is 2.29. The van der Waals surface area contributed by atoms with Gasteiger partial charge in [-0.1, -0.05) is 6.92 Å². The summed E-state index contributed by atoms with van der Waals surface area (Å²) >= 11 is 0. The molecule has 0 aromatic carbocycles. The zero-order valence-corrected chi connectivity index (χ0v) is 9.60. The number of aryl methyl sites for hydroxylation is 1. The van der Waals surface area contributed by atoms with Gasteiger partial charge < -0.3 is 14.6 Å². The molecule has 15 heavy (non-hydrogen) atoms. The summed E-state index contributed by atoms with van der Waals surface area (Å²) in [6.45, 7) is 2.41. The molecule has 0 aliphatic heterocycles. The molecule has 1 aromatic heterocycles. The van der Waals surface area contributed by atoms with Crippen molar-refractivity contribution in [1.29, 1.82) is 0 Å². The van der Waals surface area contributed by atoms with E-state index in [1.807, 2.05) is 6.92 Å². The van der Waals surface area contributed by atoms with Crippen molar-refractivity contribution in [3.8, 4) is 5.75 Å². The van der Waals surface area contributed by atoms with Crippen LogP contribution in [-0.2, 0) is 11.8 Å². The number of aliphatic hydroxyl groups is 1. The molecule has 5 nitrogen and oxygen atoms in total. The van der Waals surface area contributed by atoms with Crippen LogP contribution in [0.3, 0.4) is 0 Å². The minimum Gasteiger partial charge on any atom is -0.493 e. The van der Waals surface area contributed by atoms with Crippen LogP contribution < -0.4 is 4.74 Å². The molecule has 0 aliphatic rings. The first-order chi connectivity index (χ1) is 7.11. The number of hydrogen-bond donors (Lipinski definition) is 1. The van der Waals surface area contributed by atoms with Crippen molar-refractivity contribution in [1.82, 2.24) is 9.78 Å². The first kappa shape index (κ1) is 12.0. The lowest BCUT2D eigenvalue weighted by Gasteiger charge is -2.19. The molecular weight excluding hydrogens is 196 g/mol. The van der Waals surface area contributed by atoms with Crippen molar-refractivity contribution in [3.05, 3.63) is 11.9 Å². The molecular formula is C10H18N2O3. The highest BCUT2D eigenvalue weighted by Gasteiger charge is 2.23. The maximum absolute atomic E-state index is 10.1. The fourth-order valence-corrected chi connectivity index (χ4v) is 1.54. The van der Waals surface area contributed by atoms with Crippen molar-refractivity contribution < 1.29 is 14.6 Å². The molecule has 0 fully saturated rings. The maximum Gasteiger partial charge on any atom is 0.162 e. The molecule has 1 heterocycles. The lowest BCUT2D eigenvalue weighted by molar-refractivity contribution is 0.0502. The summed E-state index contributed by atoms with van der Waals surface area (Å²) < 4.78 is 11.8. The summed E-state index contributed by atoms with van der Waals surface area (Å²) in [6, 6.07) is 0. The molecule has 2 atom stereocenters. The highest BCUT2D eigenvalue weighted by atomic mass is 16.5. The minimum atomic E-state index is -0.632. The quantitative estimate of drug-likeness (QED) is 0.785. The summed E-state index contributed by atoms with van der Waals surface area (Å²) in [5.41, 5.74) is 0.682. The second kappa shape index (κ2) is 5.14. The smallest absolute Gasteiger partial charge is 0.162 e. The summed E-state index contributed by atoms with van der Waals surface area (Å²) in [5.74, 6) is 0.604. The van der Waals surface area contributed by atoms with Crippen LogP contribution in [0.5, 0.6) is 5.75 Å². The predicted octanol–water partition coefficient (Wildman–Crippen LogP) is 0.745. The van der Waals surface area contributed by atoms with Gasteiger partial charge in [0.15, 0.2) is 5.75 Å². The molecule has 1 aromatic rings. The van der Waals surface area contributed by atoms with Crippen molar-refractivity contribution in [3.63, 3.8) is 0 Å². The Balaban J connectivity index is 2.88. The monoisotopic (exact) mass is 214 g/mol. The Labute approximate surface area is 89.6 Å². The lowest BCUT2D eigenvalue weighted by atomic mass is 10.0. The Kier molecular flexibility index (Phi) is 4.11. The summed E-state index contributed by atoms with van der Waals surface area (Å²) in [6.07, 6.45) is 0.963. The van der Waals surface area contributed by atoms with Crippen molar-refractivity contribution in [2.24, 2.45) is 13.0 Å². The first-order valence-electron chi connectivity index (χ1n) is 4.84. The van der Waals surface area contributed by atoms with Crippen LogP contribution in [0, 0.1) is 5.92 Å². The van der Waals surface area contributed by atoms with Gasteiger partial charge in [-0.2, -0.15) is 5.10 Å². The Morgan fingerprint density at radius 1 is 1.53 bits per heavy atom. The standard InChI is InChI=1S/C10H18N2O3/c1-7(6-14-3)10(13)9-8(15-4)5-11-12(9)2/h5,7,10,13H,6H2,1-4H3. The Bertz CT molecular complexity index is 312. The molecule has 0 saturated carbocycles. The largest absolute Gasteiger partial charge is 0.493 e. The van der Waals surface area contributed by atoms with Gasteiger partial charge in [-0.05, 0) is 0 Å². The zero-order chi connectivity index (χ0) is 11.4. The molecule has 1 rings (SSSR count). The fraction of sp³-hybridized carbons (Fsp3) is 0.700. The average Bonchev–Trinajstić information content (AvgIpc) is 2.58. The van der Waals surface area contributed by atoms with E-state index in [1.54, 1.807) is 32.1 Å². The van der Waals surface area contributed by atoms with Gasteiger partial charge in [-0.25, -0.2) is 0 Å². The van der Waals surface area contributed by atoms with Crippen molar-refractivity contribution in [2.45, 2.75) is 13.0 Å². The van der Waals surface area contributed by atoms with Gasteiger partial charge in [-0.3, -0.25) is 4.68 Å². The lowest BCUT2D eigenvalue weighted by Crippen LogP contribution is -2.18. The molecule has 0 saturated heterocycles. The number of aromatic nitrogens is 2. The van der Waals surface area contributed by atoms with Gasteiger partial charge in [0.1, 0.15) is 11.8 Å². The Hall–Kier alpha value is -1.07. The van der Waals surface area contributed by atoms with E-state index in [1.165, 1.54) is 0 Å². The van der Waals surface area contributed by atoms with Gasteiger partial charge >= 0.3 is 0 Å². The minimum absolute atomic E-state index is 0.000648.